The fraction of sp³-hybridized carbons (Fsp3) is 0. The number of benzene rings is 3. The van der Waals surface area contributed by atoms with Crippen LogP contribution in [0.2, 0.25) is 0 Å². The number of nitrogens with two attached hydrogens (primary N) is 1. The molecule has 0 aliphatic carbocycles. The Morgan fingerprint density at radius 3 is 1.65 bits per heavy atom. The summed E-state index contributed by atoms with van der Waals surface area (Å²) in [6.07, 6.45) is 3.76. The molecule has 0 saturated carbocycles. The molecule has 0 aliphatic heterocycles. The van der Waals surface area contributed by atoms with Gasteiger partial charge in [-0.3, -0.25) is 40.5 Å². The molecule has 3 aromatic carbocycles. The maximum Gasteiger partial charge on any atom is 0.324 e. The molecule has 0 fully saturated rings. The number of phenolic OH excluding ortho intramolecular Hbond substituents is 1. The highest BCUT2D eigenvalue weighted by molar-refractivity contribution is 5.76. The summed E-state index contributed by atoms with van der Waals surface area (Å²) in [7, 11) is 0. The SMILES string of the molecule is Nc1cc([N+](=O)[O-])ccc1C=Cc1ccccc1.O=[N+]([O-])c1cc([N+](=O)[O-])c(O)c([N+](=O)[O-])c1. The van der Waals surface area contributed by atoms with Crippen LogP contribution in [0.1, 0.15) is 11.1 Å². The van der Waals surface area contributed by atoms with Crippen molar-refractivity contribution < 1.29 is 24.8 Å². The molecule has 0 bridgehead atoms. The Labute approximate surface area is 189 Å². The second-order valence-corrected chi connectivity index (χ2v) is 6.42. The normalized spacial score (nSPS) is 10.2. The highest BCUT2D eigenvalue weighted by atomic mass is 16.6. The summed E-state index contributed by atoms with van der Waals surface area (Å²) in [5.74, 6) is -1.21. The fourth-order valence-corrected chi connectivity index (χ4v) is 2.55. The minimum Gasteiger partial charge on any atom is -0.497 e. The lowest BCUT2D eigenvalue weighted by Gasteiger charge is -2.00. The molecular formula is C20H15N5O9. The van der Waals surface area contributed by atoms with Crippen LogP contribution in [0, 0.1) is 40.5 Å². The second kappa shape index (κ2) is 10.8. The summed E-state index contributed by atoms with van der Waals surface area (Å²) >= 11 is 0. The molecule has 0 aliphatic rings. The smallest absolute Gasteiger partial charge is 0.324 e. The molecular weight excluding hydrogens is 454 g/mol. The number of nitro benzene ring substituents is 4. The zero-order chi connectivity index (χ0) is 25.4. The first-order valence-corrected chi connectivity index (χ1v) is 9.08. The first-order valence-electron chi connectivity index (χ1n) is 9.08. The van der Waals surface area contributed by atoms with E-state index in [4.69, 9.17) is 10.8 Å². The molecule has 0 amide bonds. The van der Waals surface area contributed by atoms with E-state index < -0.39 is 42.5 Å². The number of rotatable bonds is 6. The van der Waals surface area contributed by atoms with Gasteiger partial charge in [-0.25, -0.2) is 0 Å². The largest absolute Gasteiger partial charge is 0.497 e. The lowest BCUT2D eigenvalue weighted by molar-refractivity contribution is -0.404. The first-order chi connectivity index (χ1) is 16.0. The van der Waals surface area contributed by atoms with Crippen molar-refractivity contribution in [3.05, 3.63) is 112 Å². The Kier molecular flexibility index (Phi) is 7.87. The van der Waals surface area contributed by atoms with E-state index in [2.05, 4.69) is 0 Å². The topological polar surface area (TPSA) is 219 Å². The van der Waals surface area contributed by atoms with Crippen molar-refractivity contribution >= 4 is 40.6 Å². The standard InChI is InChI=1S/C14H12N2O2.C6H3N3O7/c15-14-10-13(16(17)18)9-8-12(14)7-6-11-4-2-1-3-5-11;10-6-4(8(13)14)1-3(7(11)12)2-5(6)9(15)16/h1-10H,15H2;1-2,10H. The molecule has 0 saturated heterocycles. The Hall–Kier alpha value is -5.40. The van der Waals surface area contributed by atoms with Crippen LogP contribution in [0.15, 0.2) is 60.7 Å². The molecule has 0 spiro atoms. The van der Waals surface area contributed by atoms with Crippen LogP contribution in [0.25, 0.3) is 12.2 Å². The highest BCUT2D eigenvalue weighted by Gasteiger charge is 2.30. The van der Waals surface area contributed by atoms with Crippen LogP contribution in [-0.4, -0.2) is 24.8 Å². The quantitative estimate of drug-likeness (QED) is 0.223. The fourth-order valence-electron chi connectivity index (χ4n) is 2.55. The molecule has 3 rings (SSSR count). The summed E-state index contributed by atoms with van der Waals surface area (Å²) in [6.45, 7) is 0. The summed E-state index contributed by atoms with van der Waals surface area (Å²) in [4.78, 5) is 37.9. The average Bonchev–Trinajstić information content (AvgIpc) is 2.78. The van der Waals surface area contributed by atoms with Crippen LogP contribution in [0.3, 0.4) is 0 Å². The van der Waals surface area contributed by atoms with Gasteiger partial charge >= 0.3 is 11.4 Å². The van der Waals surface area contributed by atoms with Crippen LogP contribution in [0.5, 0.6) is 5.75 Å². The van der Waals surface area contributed by atoms with E-state index in [-0.39, 0.29) is 5.69 Å². The number of hydrogen-bond donors (Lipinski definition) is 2. The van der Waals surface area contributed by atoms with Crippen molar-refractivity contribution in [1.29, 1.82) is 0 Å². The van der Waals surface area contributed by atoms with Gasteiger partial charge < -0.3 is 10.8 Å². The molecule has 14 heteroatoms. The molecule has 0 aromatic heterocycles. The maximum absolute atomic E-state index is 10.6. The van der Waals surface area contributed by atoms with Crippen molar-refractivity contribution in [2.75, 3.05) is 5.73 Å². The summed E-state index contributed by atoms with van der Waals surface area (Å²) in [6, 6.07) is 15.1. The van der Waals surface area contributed by atoms with Gasteiger partial charge in [-0.1, -0.05) is 42.5 Å². The average molecular weight is 469 g/mol. The predicted octanol–water partition coefficient (Wildman–Crippen LogP) is 4.46. The van der Waals surface area contributed by atoms with E-state index in [1.165, 1.54) is 12.1 Å². The Balaban J connectivity index is 0.000000242. The van der Waals surface area contributed by atoms with Crippen molar-refractivity contribution in [3.8, 4) is 5.75 Å². The zero-order valence-electron chi connectivity index (χ0n) is 17.0. The molecule has 0 unspecified atom stereocenters. The molecule has 14 nitrogen and oxygen atoms in total. The Morgan fingerprint density at radius 1 is 0.676 bits per heavy atom. The van der Waals surface area contributed by atoms with Gasteiger partial charge in [0.1, 0.15) is 0 Å². The third-order valence-electron chi connectivity index (χ3n) is 4.19. The predicted molar refractivity (Wildman–Crippen MR) is 121 cm³/mol. The lowest BCUT2D eigenvalue weighted by Crippen LogP contribution is -1.97. The van der Waals surface area contributed by atoms with E-state index in [0.717, 1.165) is 11.1 Å². The van der Waals surface area contributed by atoms with Crippen LogP contribution < -0.4 is 5.73 Å². The van der Waals surface area contributed by atoms with E-state index in [0.29, 0.717) is 17.8 Å². The number of aromatic hydroxyl groups is 1. The van der Waals surface area contributed by atoms with Gasteiger partial charge in [0.25, 0.3) is 17.1 Å². The minimum absolute atomic E-state index is 0.00404. The van der Waals surface area contributed by atoms with Crippen LogP contribution in [-0.2, 0) is 0 Å². The monoisotopic (exact) mass is 469 g/mol. The highest BCUT2D eigenvalue weighted by Crippen LogP contribution is 2.38. The third kappa shape index (κ3) is 6.30. The summed E-state index contributed by atoms with van der Waals surface area (Å²) in [5.41, 5.74) is 4.99. The molecule has 3 N–H and O–H groups in total. The summed E-state index contributed by atoms with van der Waals surface area (Å²) < 4.78 is 0. The van der Waals surface area contributed by atoms with Crippen molar-refractivity contribution in [3.63, 3.8) is 0 Å². The maximum atomic E-state index is 10.6. The van der Waals surface area contributed by atoms with Gasteiger partial charge in [0.15, 0.2) is 0 Å². The second-order valence-electron chi connectivity index (χ2n) is 6.42. The van der Waals surface area contributed by atoms with Gasteiger partial charge in [-0.2, -0.15) is 0 Å². The molecule has 0 heterocycles. The number of non-ortho nitro benzene ring substituents is 2. The van der Waals surface area contributed by atoms with E-state index in [1.807, 2.05) is 42.5 Å². The Morgan fingerprint density at radius 2 is 1.21 bits per heavy atom. The van der Waals surface area contributed by atoms with Gasteiger partial charge in [0.05, 0.1) is 31.8 Å². The van der Waals surface area contributed by atoms with Crippen LogP contribution >= 0.6 is 0 Å². The van der Waals surface area contributed by atoms with Gasteiger partial charge in [0.2, 0.25) is 0 Å². The van der Waals surface area contributed by atoms with E-state index in [9.17, 15) is 40.5 Å². The van der Waals surface area contributed by atoms with Crippen LogP contribution in [0.4, 0.5) is 28.4 Å². The van der Waals surface area contributed by atoms with Gasteiger partial charge in [0, 0.05) is 17.8 Å². The lowest BCUT2D eigenvalue weighted by atomic mass is 10.1. The summed E-state index contributed by atoms with van der Waals surface area (Å²) in [5, 5.41) is 50.8. The first kappa shape index (κ1) is 24.9. The minimum atomic E-state index is -1.21. The van der Waals surface area contributed by atoms with Gasteiger partial charge in [-0.05, 0) is 17.2 Å². The van der Waals surface area contributed by atoms with E-state index in [1.54, 1.807) is 6.07 Å². The number of nitro groups is 4. The molecule has 3 aromatic rings. The zero-order valence-corrected chi connectivity index (χ0v) is 17.0. The van der Waals surface area contributed by atoms with E-state index >= 15 is 0 Å². The number of hydrogen-bond acceptors (Lipinski definition) is 10. The number of anilines is 1. The van der Waals surface area contributed by atoms with Crippen molar-refractivity contribution in [2.24, 2.45) is 0 Å². The van der Waals surface area contributed by atoms with Crippen molar-refractivity contribution in [1.82, 2.24) is 0 Å². The molecule has 0 radical (unpaired) electrons. The Bertz CT molecular complexity index is 1260. The molecule has 0 atom stereocenters. The number of nitrogen functional groups attached to an aromatic ring is 1. The number of phenols is 1. The molecule has 174 valence electrons. The third-order valence-corrected chi connectivity index (χ3v) is 4.19. The number of nitrogens with zero attached hydrogens (tertiary/aromatic N) is 4. The van der Waals surface area contributed by atoms with Crippen molar-refractivity contribution in [2.45, 2.75) is 0 Å². The van der Waals surface area contributed by atoms with Gasteiger partial charge in [-0.15, -0.1) is 0 Å². The molecule has 34 heavy (non-hydrogen) atoms.